The molecule has 1 aromatic heterocycles. The van der Waals surface area contributed by atoms with E-state index in [1.807, 2.05) is 29.2 Å². The van der Waals surface area contributed by atoms with Crippen molar-refractivity contribution in [3.63, 3.8) is 0 Å². The summed E-state index contributed by atoms with van der Waals surface area (Å²) in [4.78, 5) is 18.9. The number of anilines is 1. The number of aromatic amines is 1. The molecule has 5 rings (SSSR count). The third kappa shape index (κ3) is 3.26. The number of carbonyl (C=O) groups excluding carboxylic acids is 1. The number of H-pyrrole nitrogens is 1. The predicted octanol–water partition coefficient (Wildman–Crippen LogP) is 5.44. The fraction of sp³-hybridized carbons (Fsp3) is 0.240. The zero-order valence-electron chi connectivity index (χ0n) is 17.0. The molecule has 1 aliphatic heterocycles. The second-order valence-corrected chi connectivity index (χ2v) is 7.82. The molecule has 5 nitrogen and oxygen atoms in total. The lowest BCUT2D eigenvalue weighted by Gasteiger charge is -2.39. The number of hydrogen-bond acceptors (Lipinski definition) is 2. The van der Waals surface area contributed by atoms with Crippen LogP contribution in [0.2, 0.25) is 0 Å². The van der Waals surface area contributed by atoms with Crippen molar-refractivity contribution in [2.24, 2.45) is 5.92 Å². The van der Waals surface area contributed by atoms with E-state index in [2.05, 4.69) is 58.9 Å². The number of aromatic nitrogens is 1. The lowest BCUT2D eigenvalue weighted by Crippen LogP contribution is -2.45. The van der Waals surface area contributed by atoms with E-state index in [1.165, 1.54) is 10.9 Å². The maximum Gasteiger partial charge on any atom is 0.322 e. The number of rotatable bonds is 3. The van der Waals surface area contributed by atoms with Crippen molar-refractivity contribution in [3.05, 3.63) is 84.1 Å². The van der Waals surface area contributed by atoms with Gasteiger partial charge in [-0.1, -0.05) is 42.5 Å². The van der Waals surface area contributed by atoms with E-state index >= 15 is 0 Å². The van der Waals surface area contributed by atoms with Crippen LogP contribution in [0.1, 0.15) is 23.7 Å². The number of nitrogens with one attached hydrogen (secondary N) is 2. The minimum Gasteiger partial charge on any atom is -0.497 e. The van der Waals surface area contributed by atoms with Crippen LogP contribution in [0.4, 0.5) is 10.5 Å². The average Bonchev–Trinajstić information content (AvgIpc) is 3.18. The van der Waals surface area contributed by atoms with Crippen LogP contribution in [-0.2, 0) is 6.42 Å². The van der Waals surface area contributed by atoms with Gasteiger partial charge >= 0.3 is 6.03 Å². The summed E-state index contributed by atoms with van der Waals surface area (Å²) in [5.41, 5.74) is 4.41. The van der Waals surface area contributed by atoms with E-state index < -0.39 is 0 Å². The minimum absolute atomic E-state index is 0.0272. The molecule has 0 saturated carbocycles. The first-order valence-corrected chi connectivity index (χ1v) is 10.4. The molecule has 2 unspecified atom stereocenters. The molecular formula is C25H25N3O2. The number of amides is 2. The third-order valence-electron chi connectivity index (χ3n) is 6.10. The molecule has 2 N–H and O–H groups in total. The monoisotopic (exact) mass is 399 g/mol. The smallest absolute Gasteiger partial charge is 0.322 e. The van der Waals surface area contributed by atoms with Gasteiger partial charge in [-0.2, -0.15) is 0 Å². The number of benzene rings is 2. The summed E-state index contributed by atoms with van der Waals surface area (Å²) >= 11 is 0. The fourth-order valence-electron chi connectivity index (χ4n) is 4.65. The number of fused-ring (bicyclic) bond motifs is 3. The molecule has 30 heavy (non-hydrogen) atoms. The second-order valence-electron chi connectivity index (χ2n) is 7.82. The highest BCUT2D eigenvalue weighted by molar-refractivity contribution is 5.91. The summed E-state index contributed by atoms with van der Waals surface area (Å²) in [6.45, 7) is 0.690. The Morgan fingerprint density at radius 2 is 1.97 bits per heavy atom. The van der Waals surface area contributed by atoms with E-state index in [0.29, 0.717) is 6.54 Å². The molecule has 2 atom stereocenters. The van der Waals surface area contributed by atoms with E-state index in [0.717, 1.165) is 35.5 Å². The first-order valence-electron chi connectivity index (χ1n) is 10.4. The van der Waals surface area contributed by atoms with Crippen LogP contribution >= 0.6 is 0 Å². The summed E-state index contributed by atoms with van der Waals surface area (Å²) in [6.07, 6.45) is 10.3. The van der Waals surface area contributed by atoms with Crippen LogP contribution in [0.15, 0.2) is 72.8 Å². The van der Waals surface area contributed by atoms with Gasteiger partial charge < -0.3 is 19.9 Å². The molecule has 5 heteroatoms. The molecule has 2 heterocycles. The summed E-state index contributed by atoms with van der Waals surface area (Å²) in [5.74, 6) is 1.01. The number of methoxy groups -OCH3 is 1. The molecule has 0 bridgehead atoms. The largest absolute Gasteiger partial charge is 0.497 e. The highest BCUT2D eigenvalue weighted by Crippen LogP contribution is 2.41. The van der Waals surface area contributed by atoms with Crippen molar-refractivity contribution in [1.82, 2.24) is 9.88 Å². The van der Waals surface area contributed by atoms with Gasteiger partial charge in [0.15, 0.2) is 0 Å². The molecule has 0 fully saturated rings. The standard InChI is InChI=1S/C25H25N3O2/c1-30-19-13-11-18(12-14-19)26-25(29)28-16-15-21-20-9-5-6-10-22(20)27-23(21)24(28)17-7-3-2-4-8-17/h2-7,9-14,17,24,27H,8,15-16H2,1H3,(H,26,29). The van der Waals surface area contributed by atoms with Crippen molar-refractivity contribution >= 4 is 22.6 Å². The van der Waals surface area contributed by atoms with Crippen molar-refractivity contribution < 1.29 is 9.53 Å². The number of nitrogens with zero attached hydrogens (tertiary/aromatic N) is 1. The molecule has 2 aliphatic rings. The first kappa shape index (κ1) is 18.6. The lowest BCUT2D eigenvalue weighted by molar-refractivity contribution is 0.161. The van der Waals surface area contributed by atoms with Gasteiger partial charge in [0.1, 0.15) is 5.75 Å². The molecular weight excluding hydrogens is 374 g/mol. The van der Waals surface area contributed by atoms with E-state index in [-0.39, 0.29) is 18.0 Å². The van der Waals surface area contributed by atoms with Gasteiger partial charge in [-0.15, -0.1) is 0 Å². The maximum absolute atomic E-state index is 13.3. The van der Waals surface area contributed by atoms with Gasteiger partial charge in [0.25, 0.3) is 0 Å². The van der Waals surface area contributed by atoms with Crippen molar-refractivity contribution in [3.8, 4) is 5.75 Å². The molecule has 2 amide bonds. The molecule has 2 aromatic carbocycles. The van der Waals surface area contributed by atoms with Crippen LogP contribution < -0.4 is 10.1 Å². The first-order chi connectivity index (χ1) is 14.7. The average molecular weight is 399 g/mol. The normalized spacial score (nSPS) is 20.2. The Morgan fingerprint density at radius 1 is 1.13 bits per heavy atom. The van der Waals surface area contributed by atoms with Gasteiger partial charge in [0.05, 0.1) is 13.2 Å². The number of urea groups is 1. The Kier molecular flexibility index (Phi) is 4.79. The van der Waals surface area contributed by atoms with Gasteiger partial charge in [-0.25, -0.2) is 4.79 Å². The highest BCUT2D eigenvalue weighted by atomic mass is 16.5. The number of hydrogen-bond donors (Lipinski definition) is 2. The van der Waals surface area contributed by atoms with Crippen LogP contribution in [0.5, 0.6) is 5.75 Å². The quantitative estimate of drug-likeness (QED) is 0.616. The van der Waals surface area contributed by atoms with Crippen LogP contribution in [0.3, 0.4) is 0 Å². The lowest BCUT2D eigenvalue weighted by atomic mass is 9.85. The van der Waals surface area contributed by atoms with Gasteiger partial charge in [-0.3, -0.25) is 0 Å². The third-order valence-corrected chi connectivity index (χ3v) is 6.10. The van der Waals surface area contributed by atoms with Gasteiger partial charge in [-0.05, 0) is 48.7 Å². The molecule has 1 aliphatic carbocycles. The topological polar surface area (TPSA) is 57.4 Å². The molecule has 3 aromatic rings. The zero-order chi connectivity index (χ0) is 20.5. The highest BCUT2D eigenvalue weighted by Gasteiger charge is 2.37. The SMILES string of the molecule is COc1ccc(NC(=O)N2CCc3c([nH]c4ccccc34)C2C2C=CC=CC2)cc1. The Morgan fingerprint density at radius 3 is 2.73 bits per heavy atom. The minimum atomic E-state index is -0.0718. The number of ether oxygens (including phenoxy) is 1. The number of allylic oxidation sites excluding steroid dienone is 3. The summed E-state index contributed by atoms with van der Waals surface area (Å²) < 4.78 is 5.21. The van der Waals surface area contributed by atoms with Crippen molar-refractivity contribution in [1.29, 1.82) is 0 Å². The van der Waals surface area contributed by atoms with Crippen molar-refractivity contribution in [2.75, 3.05) is 19.0 Å². The van der Waals surface area contributed by atoms with E-state index in [1.54, 1.807) is 7.11 Å². The Labute approximate surface area is 176 Å². The van der Waals surface area contributed by atoms with Gasteiger partial charge in [0.2, 0.25) is 0 Å². The maximum atomic E-state index is 13.3. The van der Waals surface area contributed by atoms with E-state index in [4.69, 9.17) is 4.74 Å². The van der Waals surface area contributed by atoms with E-state index in [9.17, 15) is 4.79 Å². The number of para-hydroxylation sites is 1. The molecule has 152 valence electrons. The Bertz CT molecular complexity index is 1130. The van der Waals surface area contributed by atoms with Crippen LogP contribution in [0.25, 0.3) is 10.9 Å². The second kappa shape index (κ2) is 7.75. The predicted molar refractivity (Wildman–Crippen MR) is 120 cm³/mol. The Hall–Kier alpha value is -3.47. The van der Waals surface area contributed by atoms with Crippen LogP contribution in [-0.4, -0.2) is 29.6 Å². The number of carbonyl (C=O) groups is 1. The molecule has 0 radical (unpaired) electrons. The zero-order valence-corrected chi connectivity index (χ0v) is 17.0. The molecule has 0 spiro atoms. The summed E-state index contributed by atoms with van der Waals surface area (Å²) in [7, 11) is 1.63. The Balaban J connectivity index is 1.49. The molecule has 0 saturated heterocycles. The fourth-order valence-corrected chi connectivity index (χ4v) is 4.65. The summed E-state index contributed by atoms with van der Waals surface area (Å²) in [6, 6.07) is 15.8. The van der Waals surface area contributed by atoms with Crippen molar-refractivity contribution in [2.45, 2.75) is 18.9 Å². The van der Waals surface area contributed by atoms with Gasteiger partial charge in [0, 0.05) is 34.7 Å². The van der Waals surface area contributed by atoms with Crippen LogP contribution in [0, 0.1) is 5.92 Å². The summed E-state index contributed by atoms with van der Waals surface area (Å²) in [5, 5.41) is 4.34.